The molecule has 0 aliphatic rings. The van der Waals surface area contributed by atoms with E-state index in [1.807, 2.05) is 53.9 Å². The van der Waals surface area contributed by atoms with Crippen LogP contribution in [0.2, 0.25) is 0 Å². The molecule has 3 heterocycles. The van der Waals surface area contributed by atoms with Crippen molar-refractivity contribution in [2.75, 3.05) is 0 Å². The van der Waals surface area contributed by atoms with E-state index in [0.29, 0.717) is 17.8 Å². The Morgan fingerprint density at radius 3 is 2.79 bits per heavy atom. The topological polar surface area (TPSA) is 59.3 Å². The maximum atomic E-state index is 12.5. The van der Waals surface area contributed by atoms with Gasteiger partial charge in [-0.2, -0.15) is 5.10 Å². The molecule has 1 amide bonds. The Kier molecular flexibility index (Phi) is 3.80. The number of hydrogen-bond acceptors (Lipinski definition) is 4. The number of rotatable bonds is 4. The second kappa shape index (κ2) is 6.25. The Morgan fingerprint density at radius 1 is 1.12 bits per heavy atom. The van der Waals surface area contributed by atoms with Crippen molar-refractivity contribution in [3.8, 4) is 10.6 Å². The summed E-state index contributed by atoms with van der Waals surface area (Å²) < 4.78 is 1.71. The SMILES string of the molecule is O=C(NCc1ccccc1)c1cnn2c(-c3cccs3)ccnc12. The van der Waals surface area contributed by atoms with Crippen molar-refractivity contribution in [3.05, 3.63) is 77.4 Å². The molecule has 0 unspecified atom stereocenters. The fourth-order valence-electron chi connectivity index (χ4n) is 2.54. The zero-order chi connectivity index (χ0) is 16.4. The van der Waals surface area contributed by atoms with Crippen molar-refractivity contribution in [1.29, 1.82) is 0 Å². The van der Waals surface area contributed by atoms with E-state index in [-0.39, 0.29) is 5.91 Å². The van der Waals surface area contributed by atoms with Gasteiger partial charge >= 0.3 is 0 Å². The van der Waals surface area contributed by atoms with Crippen molar-refractivity contribution in [2.24, 2.45) is 0 Å². The first-order chi connectivity index (χ1) is 11.8. The summed E-state index contributed by atoms with van der Waals surface area (Å²) in [6.07, 6.45) is 3.28. The first-order valence-electron chi connectivity index (χ1n) is 7.51. The minimum atomic E-state index is -0.176. The van der Waals surface area contributed by atoms with Gasteiger partial charge in [0.15, 0.2) is 5.65 Å². The average Bonchev–Trinajstić information content (AvgIpc) is 3.30. The number of carbonyl (C=O) groups is 1. The van der Waals surface area contributed by atoms with Crippen LogP contribution in [-0.4, -0.2) is 20.5 Å². The molecule has 0 radical (unpaired) electrons. The summed E-state index contributed by atoms with van der Waals surface area (Å²) in [4.78, 5) is 17.9. The average molecular weight is 334 g/mol. The standard InChI is InChI=1S/C18H14N4OS/c23-18(20-11-13-5-2-1-3-6-13)14-12-21-22-15(8-9-19-17(14)22)16-7-4-10-24-16/h1-10,12H,11H2,(H,20,23). The molecule has 6 heteroatoms. The molecule has 0 bridgehead atoms. The third-order valence-corrected chi connectivity index (χ3v) is 4.61. The Bertz CT molecular complexity index is 977. The lowest BCUT2D eigenvalue weighted by Crippen LogP contribution is -2.22. The third kappa shape index (κ3) is 2.68. The lowest BCUT2D eigenvalue weighted by Gasteiger charge is -2.05. The summed E-state index contributed by atoms with van der Waals surface area (Å²) in [7, 11) is 0. The molecule has 0 saturated heterocycles. The van der Waals surface area contributed by atoms with Crippen LogP contribution < -0.4 is 5.32 Å². The third-order valence-electron chi connectivity index (χ3n) is 3.72. The highest BCUT2D eigenvalue weighted by molar-refractivity contribution is 7.13. The van der Waals surface area contributed by atoms with E-state index < -0.39 is 0 Å². The molecule has 0 saturated carbocycles. The number of thiophene rings is 1. The monoisotopic (exact) mass is 334 g/mol. The smallest absolute Gasteiger partial charge is 0.257 e. The number of fused-ring (bicyclic) bond motifs is 1. The number of amides is 1. The van der Waals surface area contributed by atoms with E-state index in [4.69, 9.17) is 0 Å². The number of benzene rings is 1. The van der Waals surface area contributed by atoms with Crippen molar-refractivity contribution < 1.29 is 4.79 Å². The zero-order valence-corrected chi connectivity index (χ0v) is 13.5. The molecule has 24 heavy (non-hydrogen) atoms. The van der Waals surface area contributed by atoms with Gasteiger partial charge in [-0.25, -0.2) is 9.50 Å². The highest BCUT2D eigenvalue weighted by atomic mass is 32.1. The number of hydrogen-bond donors (Lipinski definition) is 1. The van der Waals surface area contributed by atoms with E-state index in [9.17, 15) is 4.79 Å². The van der Waals surface area contributed by atoms with Crippen LogP contribution in [-0.2, 0) is 6.54 Å². The van der Waals surface area contributed by atoms with Gasteiger partial charge in [-0.05, 0) is 23.1 Å². The molecular formula is C18H14N4OS. The van der Waals surface area contributed by atoms with Crippen molar-refractivity contribution >= 4 is 22.9 Å². The molecule has 0 aliphatic carbocycles. The Labute approximate surface area is 142 Å². The Balaban J connectivity index is 1.63. The van der Waals surface area contributed by atoms with Crippen LogP contribution in [0.1, 0.15) is 15.9 Å². The van der Waals surface area contributed by atoms with Crippen LogP contribution in [0.25, 0.3) is 16.2 Å². The van der Waals surface area contributed by atoms with E-state index >= 15 is 0 Å². The second-order valence-corrected chi connectivity index (χ2v) is 6.22. The number of nitrogens with one attached hydrogen (secondary N) is 1. The predicted octanol–water partition coefficient (Wildman–Crippen LogP) is 3.39. The van der Waals surface area contributed by atoms with Gasteiger partial charge in [0.25, 0.3) is 5.91 Å². The van der Waals surface area contributed by atoms with Crippen LogP contribution in [0.5, 0.6) is 0 Å². The normalized spacial score (nSPS) is 10.8. The molecule has 4 rings (SSSR count). The van der Waals surface area contributed by atoms with E-state index in [1.165, 1.54) is 0 Å². The molecule has 3 aromatic heterocycles. The first-order valence-corrected chi connectivity index (χ1v) is 8.39. The molecule has 0 spiro atoms. The van der Waals surface area contributed by atoms with Crippen LogP contribution in [0.4, 0.5) is 0 Å². The molecule has 0 atom stereocenters. The number of nitrogens with zero attached hydrogens (tertiary/aromatic N) is 3. The summed E-state index contributed by atoms with van der Waals surface area (Å²) in [5, 5.41) is 9.28. The minimum absolute atomic E-state index is 0.176. The van der Waals surface area contributed by atoms with Crippen LogP contribution in [0, 0.1) is 0 Å². The molecule has 5 nitrogen and oxygen atoms in total. The Morgan fingerprint density at radius 2 is 2.00 bits per heavy atom. The summed E-state index contributed by atoms with van der Waals surface area (Å²) in [6.45, 7) is 0.474. The van der Waals surface area contributed by atoms with Gasteiger partial charge in [-0.1, -0.05) is 36.4 Å². The Hall–Kier alpha value is -2.99. The van der Waals surface area contributed by atoms with Crippen LogP contribution in [0.3, 0.4) is 0 Å². The number of carbonyl (C=O) groups excluding carboxylic acids is 1. The maximum absolute atomic E-state index is 12.5. The second-order valence-electron chi connectivity index (χ2n) is 5.27. The lowest BCUT2D eigenvalue weighted by atomic mass is 10.2. The maximum Gasteiger partial charge on any atom is 0.257 e. The van der Waals surface area contributed by atoms with Gasteiger partial charge in [0, 0.05) is 12.7 Å². The molecule has 1 N–H and O–H groups in total. The molecule has 0 aliphatic heterocycles. The van der Waals surface area contributed by atoms with Gasteiger partial charge in [0.2, 0.25) is 0 Å². The largest absolute Gasteiger partial charge is 0.348 e. The molecule has 4 aromatic rings. The summed E-state index contributed by atoms with van der Waals surface area (Å²) in [5.74, 6) is -0.176. The number of aromatic nitrogens is 3. The van der Waals surface area contributed by atoms with E-state index in [1.54, 1.807) is 28.2 Å². The van der Waals surface area contributed by atoms with E-state index in [0.717, 1.165) is 16.1 Å². The van der Waals surface area contributed by atoms with Gasteiger partial charge in [0.1, 0.15) is 5.56 Å². The van der Waals surface area contributed by atoms with Gasteiger partial charge in [-0.3, -0.25) is 4.79 Å². The van der Waals surface area contributed by atoms with E-state index in [2.05, 4.69) is 15.4 Å². The van der Waals surface area contributed by atoms with Crippen LogP contribution >= 0.6 is 11.3 Å². The highest BCUT2D eigenvalue weighted by Gasteiger charge is 2.16. The first kappa shape index (κ1) is 14.6. The molecule has 1 aromatic carbocycles. The van der Waals surface area contributed by atoms with Gasteiger partial charge < -0.3 is 5.32 Å². The highest BCUT2D eigenvalue weighted by Crippen LogP contribution is 2.25. The van der Waals surface area contributed by atoms with Crippen molar-refractivity contribution in [2.45, 2.75) is 6.54 Å². The fourth-order valence-corrected chi connectivity index (χ4v) is 3.27. The zero-order valence-electron chi connectivity index (χ0n) is 12.7. The predicted molar refractivity (Wildman–Crippen MR) is 93.9 cm³/mol. The van der Waals surface area contributed by atoms with Crippen molar-refractivity contribution in [3.63, 3.8) is 0 Å². The molecule has 0 fully saturated rings. The molecule has 118 valence electrons. The fraction of sp³-hybridized carbons (Fsp3) is 0.0556. The summed E-state index contributed by atoms with van der Waals surface area (Å²) in [5.41, 5.74) is 3.02. The van der Waals surface area contributed by atoms with Gasteiger partial charge in [-0.15, -0.1) is 11.3 Å². The lowest BCUT2D eigenvalue weighted by molar-refractivity contribution is 0.0952. The summed E-state index contributed by atoms with van der Waals surface area (Å²) >= 11 is 1.63. The quantitative estimate of drug-likeness (QED) is 0.622. The van der Waals surface area contributed by atoms with Crippen molar-refractivity contribution in [1.82, 2.24) is 19.9 Å². The molecular weight excluding hydrogens is 320 g/mol. The van der Waals surface area contributed by atoms with Gasteiger partial charge in [0.05, 0.1) is 16.8 Å². The minimum Gasteiger partial charge on any atom is -0.348 e. The summed E-state index contributed by atoms with van der Waals surface area (Å²) in [6, 6.07) is 15.7. The van der Waals surface area contributed by atoms with Crippen LogP contribution in [0.15, 0.2) is 66.3 Å².